The zero-order chi connectivity index (χ0) is 20.2. The van der Waals surface area contributed by atoms with Crippen molar-refractivity contribution in [2.24, 2.45) is 0 Å². The van der Waals surface area contributed by atoms with Crippen LogP contribution in [0.1, 0.15) is 23.3 Å². The molecule has 0 aliphatic heterocycles. The molecule has 0 radical (unpaired) electrons. The van der Waals surface area contributed by atoms with E-state index in [0.29, 0.717) is 18.1 Å². The van der Waals surface area contributed by atoms with E-state index in [0.717, 1.165) is 16.3 Å². The first kappa shape index (κ1) is 18.9. The fourth-order valence-corrected chi connectivity index (χ4v) is 3.96. The standard InChI is InChI=1S/C21H18N4O3S/c1-15(17-9-5-10-18(13-17)25(26)27)29-21-23-22-20(19-11-6-12-28-19)24(21)14-16-7-3-2-4-8-16/h2-13,15H,14H2,1H3/t15-/m1/s1. The summed E-state index contributed by atoms with van der Waals surface area (Å²) in [5.74, 6) is 1.29. The molecule has 8 heteroatoms. The summed E-state index contributed by atoms with van der Waals surface area (Å²) in [7, 11) is 0. The van der Waals surface area contributed by atoms with Gasteiger partial charge in [0.15, 0.2) is 10.9 Å². The number of non-ortho nitro benzene ring substituents is 1. The van der Waals surface area contributed by atoms with Gasteiger partial charge in [0.1, 0.15) is 0 Å². The highest BCUT2D eigenvalue weighted by atomic mass is 32.2. The van der Waals surface area contributed by atoms with Gasteiger partial charge in [-0.05, 0) is 30.2 Å². The van der Waals surface area contributed by atoms with Crippen LogP contribution in [0.4, 0.5) is 5.69 Å². The molecule has 0 spiro atoms. The lowest BCUT2D eigenvalue weighted by Crippen LogP contribution is -2.04. The fraction of sp³-hybridized carbons (Fsp3) is 0.143. The number of nitro groups is 1. The lowest BCUT2D eigenvalue weighted by Gasteiger charge is -2.13. The van der Waals surface area contributed by atoms with Crippen LogP contribution in [0.3, 0.4) is 0 Å². The van der Waals surface area contributed by atoms with Gasteiger partial charge in [-0.15, -0.1) is 10.2 Å². The van der Waals surface area contributed by atoms with Crippen molar-refractivity contribution in [2.75, 3.05) is 0 Å². The van der Waals surface area contributed by atoms with Crippen molar-refractivity contribution in [3.8, 4) is 11.6 Å². The van der Waals surface area contributed by atoms with Gasteiger partial charge in [0.05, 0.1) is 17.7 Å². The van der Waals surface area contributed by atoms with E-state index in [4.69, 9.17) is 4.42 Å². The lowest BCUT2D eigenvalue weighted by molar-refractivity contribution is -0.384. The van der Waals surface area contributed by atoms with Crippen molar-refractivity contribution >= 4 is 17.4 Å². The Morgan fingerprint density at radius 3 is 2.66 bits per heavy atom. The molecule has 0 amide bonds. The number of benzene rings is 2. The second-order valence-corrected chi connectivity index (χ2v) is 7.78. The summed E-state index contributed by atoms with van der Waals surface area (Å²) in [6.45, 7) is 2.59. The Kier molecular flexibility index (Phi) is 5.44. The molecule has 0 bridgehead atoms. The Morgan fingerprint density at radius 2 is 1.93 bits per heavy atom. The van der Waals surface area contributed by atoms with Crippen LogP contribution in [0.5, 0.6) is 0 Å². The third kappa shape index (κ3) is 4.22. The Bertz CT molecular complexity index is 1110. The normalized spacial score (nSPS) is 12.0. The molecule has 0 saturated heterocycles. The molecule has 29 heavy (non-hydrogen) atoms. The van der Waals surface area contributed by atoms with Crippen LogP contribution in [0, 0.1) is 10.1 Å². The van der Waals surface area contributed by atoms with Crippen molar-refractivity contribution in [2.45, 2.75) is 23.9 Å². The molecule has 1 atom stereocenters. The third-order valence-electron chi connectivity index (χ3n) is 4.47. The van der Waals surface area contributed by atoms with Crippen LogP contribution in [0.2, 0.25) is 0 Å². The largest absolute Gasteiger partial charge is 0.461 e. The van der Waals surface area contributed by atoms with Crippen LogP contribution in [-0.2, 0) is 6.54 Å². The van der Waals surface area contributed by atoms with Crippen LogP contribution < -0.4 is 0 Å². The first-order valence-corrected chi connectivity index (χ1v) is 9.92. The molecular formula is C21H18N4O3S. The molecule has 0 unspecified atom stereocenters. The number of hydrogen-bond donors (Lipinski definition) is 0. The minimum Gasteiger partial charge on any atom is -0.461 e. The topological polar surface area (TPSA) is 87.0 Å². The molecule has 146 valence electrons. The predicted octanol–water partition coefficient (Wildman–Crippen LogP) is 5.35. The van der Waals surface area contributed by atoms with E-state index < -0.39 is 0 Å². The quantitative estimate of drug-likeness (QED) is 0.234. The summed E-state index contributed by atoms with van der Waals surface area (Å²) in [6, 6.07) is 20.4. The van der Waals surface area contributed by atoms with Crippen LogP contribution in [0.15, 0.2) is 82.6 Å². The number of hydrogen-bond acceptors (Lipinski definition) is 6. The van der Waals surface area contributed by atoms with Gasteiger partial charge in [-0.3, -0.25) is 14.7 Å². The van der Waals surface area contributed by atoms with E-state index in [9.17, 15) is 10.1 Å². The molecule has 0 aliphatic carbocycles. The highest BCUT2D eigenvalue weighted by molar-refractivity contribution is 7.99. The van der Waals surface area contributed by atoms with Gasteiger partial charge >= 0.3 is 0 Å². The zero-order valence-corrected chi connectivity index (χ0v) is 16.5. The molecule has 0 aliphatic rings. The molecule has 0 N–H and O–H groups in total. The molecule has 0 saturated carbocycles. The number of rotatable bonds is 7. The van der Waals surface area contributed by atoms with E-state index in [1.807, 2.05) is 60.0 Å². The number of nitro benzene ring substituents is 1. The van der Waals surface area contributed by atoms with E-state index in [1.165, 1.54) is 17.8 Å². The van der Waals surface area contributed by atoms with Crippen molar-refractivity contribution < 1.29 is 9.34 Å². The van der Waals surface area contributed by atoms with Crippen LogP contribution >= 0.6 is 11.8 Å². The molecule has 2 aromatic heterocycles. The maximum absolute atomic E-state index is 11.1. The summed E-state index contributed by atoms with van der Waals surface area (Å²) < 4.78 is 7.54. The Balaban J connectivity index is 1.66. The molecule has 2 heterocycles. The average Bonchev–Trinajstić information content (AvgIpc) is 3.39. The van der Waals surface area contributed by atoms with Crippen LogP contribution in [0.25, 0.3) is 11.6 Å². The van der Waals surface area contributed by atoms with Crippen molar-refractivity contribution in [1.29, 1.82) is 0 Å². The summed E-state index contributed by atoms with van der Waals surface area (Å²) in [5, 5.41) is 20.5. The maximum Gasteiger partial charge on any atom is 0.269 e. The third-order valence-corrected chi connectivity index (χ3v) is 5.61. The minimum atomic E-state index is -0.381. The van der Waals surface area contributed by atoms with Gasteiger partial charge in [0, 0.05) is 17.4 Å². The monoisotopic (exact) mass is 406 g/mol. The Morgan fingerprint density at radius 1 is 1.10 bits per heavy atom. The summed E-state index contributed by atoms with van der Waals surface area (Å²) in [6.07, 6.45) is 1.61. The van der Waals surface area contributed by atoms with Crippen molar-refractivity contribution in [3.63, 3.8) is 0 Å². The first-order chi connectivity index (χ1) is 14.1. The minimum absolute atomic E-state index is 0.0434. The molecule has 0 fully saturated rings. The van der Waals surface area contributed by atoms with Crippen LogP contribution in [-0.4, -0.2) is 19.7 Å². The Labute approximate surface area is 171 Å². The lowest BCUT2D eigenvalue weighted by atomic mass is 10.1. The smallest absolute Gasteiger partial charge is 0.269 e. The number of furan rings is 1. The molecule has 4 rings (SSSR count). The van der Waals surface area contributed by atoms with E-state index in [1.54, 1.807) is 18.4 Å². The van der Waals surface area contributed by atoms with Gasteiger partial charge in [-0.25, -0.2) is 0 Å². The van der Waals surface area contributed by atoms with Gasteiger partial charge in [-0.2, -0.15) is 0 Å². The molecular weight excluding hydrogens is 388 g/mol. The SMILES string of the molecule is C[C@@H](Sc1nnc(-c2ccco2)n1Cc1ccccc1)c1cccc([N+](=O)[O-])c1. The fourth-order valence-electron chi connectivity index (χ4n) is 2.99. The summed E-state index contributed by atoms with van der Waals surface area (Å²) >= 11 is 1.51. The summed E-state index contributed by atoms with van der Waals surface area (Å²) in [4.78, 5) is 10.7. The number of thioether (sulfide) groups is 1. The maximum atomic E-state index is 11.1. The first-order valence-electron chi connectivity index (χ1n) is 9.04. The number of aromatic nitrogens is 3. The summed E-state index contributed by atoms with van der Waals surface area (Å²) in [5.41, 5.74) is 2.06. The second kappa shape index (κ2) is 8.32. The van der Waals surface area contributed by atoms with E-state index in [2.05, 4.69) is 10.2 Å². The predicted molar refractivity (Wildman–Crippen MR) is 111 cm³/mol. The Hall–Kier alpha value is -3.39. The van der Waals surface area contributed by atoms with Gasteiger partial charge in [0.25, 0.3) is 5.69 Å². The zero-order valence-electron chi connectivity index (χ0n) is 15.6. The highest BCUT2D eigenvalue weighted by Crippen LogP contribution is 2.36. The van der Waals surface area contributed by atoms with Gasteiger partial charge in [0.2, 0.25) is 5.82 Å². The molecule has 7 nitrogen and oxygen atoms in total. The van der Waals surface area contributed by atoms with Crippen molar-refractivity contribution in [3.05, 3.63) is 94.2 Å². The highest BCUT2D eigenvalue weighted by Gasteiger charge is 2.20. The van der Waals surface area contributed by atoms with Crippen molar-refractivity contribution in [1.82, 2.24) is 14.8 Å². The van der Waals surface area contributed by atoms with Gasteiger partial charge < -0.3 is 4.42 Å². The molecule has 4 aromatic rings. The molecule has 2 aromatic carbocycles. The average molecular weight is 406 g/mol. The second-order valence-electron chi connectivity index (χ2n) is 6.47. The van der Waals surface area contributed by atoms with E-state index in [-0.39, 0.29) is 15.9 Å². The number of nitrogens with zero attached hydrogens (tertiary/aromatic N) is 4. The van der Waals surface area contributed by atoms with E-state index >= 15 is 0 Å². The van der Waals surface area contributed by atoms with Gasteiger partial charge in [-0.1, -0.05) is 54.2 Å².